The molecule has 24 heavy (non-hydrogen) atoms. The number of benzene rings is 2. The van der Waals surface area contributed by atoms with Crippen molar-refractivity contribution in [3.63, 3.8) is 0 Å². The number of amides is 1. The largest absolute Gasteiger partial charge is 0.361 e. The van der Waals surface area contributed by atoms with E-state index in [2.05, 4.69) is 39.9 Å². The summed E-state index contributed by atoms with van der Waals surface area (Å²) in [6, 6.07) is 18.5. The standard InChI is InChI=1S/C20H23N3O/c24-20(15-21-12-10-16-6-2-1-3-7-16)22-13-11-17-14-23-19-9-5-4-8-18(17)19/h1-9,14,21,23H,10-13,15H2,(H,22,24). The van der Waals surface area contributed by atoms with Crippen LogP contribution in [0.4, 0.5) is 0 Å². The zero-order valence-corrected chi connectivity index (χ0v) is 13.7. The molecule has 0 unspecified atom stereocenters. The van der Waals surface area contributed by atoms with E-state index in [-0.39, 0.29) is 5.91 Å². The van der Waals surface area contributed by atoms with Crippen molar-refractivity contribution in [1.82, 2.24) is 15.6 Å². The van der Waals surface area contributed by atoms with Crippen molar-refractivity contribution in [2.75, 3.05) is 19.6 Å². The molecule has 0 aliphatic rings. The molecule has 0 bridgehead atoms. The minimum atomic E-state index is 0.0444. The number of hydrogen-bond donors (Lipinski definition) is 3. The third kappa shape index (κ3) is 4.46. The van der Waals surface area contributed by atoms with Crippen LogP contribution >= 0.6 is 0 Å². The van der Waals surface area contributed by atoms with Crippen LogP contribution in [0.15, 0.2) is 60.8 Å². The fourth-order valence-corrected chi connectivity index (χ4v) is 2.82. The van der Waals surface area contributed by atoms with E-state index in [1.807, 2.05) is 36.5 Å². The molecule has 0 aliphatic heterocycles. The number of carbonyl (C=O) groups excluding carboxylic acids is 1. The number of nitrogens with one attached hydrogen (secondary N) is 3. The zero-order chi connectivity index (χ0) is 16.6. The lowest BCUT2D eigenvalue weighted by molar-refractivity contribution is -0.120. The molecule has 0 radical (unpaired) electrons. The van der Waals surface area contributed by atoms with Crippen LogP contribution in [-0.4, -0.2) is 30.5 Å². The molecule has 0 saturated heterocycles. The first kappa shape index (κ1) is 16.3. The molecule has 0 spiro atoms. The molecule has 0 atom stereocenters. The highest BCUT2D eigenvalue weighted by Crippen LogP contribution is 2.17. The van der Waals surface area contributed by atoms with Gasteiger partial charge in [-0.05, 0) is 36.6 Å². The summed E-state index contributed by atoms with van der Waals surface area (Å²) < 4.78 is 0. The molecule has 4 heteroatoms. The number of fused-ring (bicyclic) bond motifs is 1. The van der Waals surface area contributed by atoms with Gasteiger partial charge >= 0.3 is 0 Å². The molecule has 124 valence electrons. The van der Waals surface area contributed by atoms with E-state index in [1.54, 1.807) is 0 Å². The maximum Gasteiger partial charge on any atom is 0.233 e. The summed E-state index contributed by atoms with van der Waals surface area (Å²) in [7, 11) is 0. The molecule has 4 nitrogen and oxygen atoms in total. The molecule has 3 aromatic rings. The van der Waals surface area contributed by atoms with Crippen LogP contribution < -0.4 is 10.6 Å². The first-order valence-electron chi connectivity index (χ1n) is 8.39. The molecule has 0 aliphatic carbocycles. The second-order valence-electron chi connectivity index (χ2n) is 5.87. The number of hydrogen-bond acceptors (Lipinski definition) is 2. The summed E-state index contributed by atoms with van der Waals surface area (Å²) in [6.45, 7) is 1.82. The van der Waals surface area contributed by atoms with Gasteiger partial charge in [-0.3, -0.25) is 4.79 Å². The Balaban J connectivity index is 1.34. The predicted molar refractivity (Wildman–Crippen MR) is 98.0 cm³/mol. The van der Waals surface area contributed by atoms with Crippen LogP contribution in [0.3, 0.4) is 0 Å². The summed E-state index contributed by atoms with van der Waals surface area (Å²) >= 11 is 0. The molecular weight excluding hydrogens is 298 g/mol. The first-order valence-corrected chi connectivity index (χ1v) is 8.39. The van der Waals surface area contributed by atoms with E-state index in [0.29, 0.717) is 13.1 Å². The lowest BCUT2D eigenvalue weighted by atomic mass is 10.1. The van der Waals surface area contributed by atoms with Gasteiger partial charge in [0.2, 0.25) is 5.91 Å². The second-order valence-corrected chi connectivity index (χ2v) is 5.87. The van der Waals surface area contributed by atoms with E-state index in [4.69, 9.17) is 0 Å². The number of H-pyrrole nitrogens is 1. The van der Waals surface area contributed by atoms with Crippen LogP contribution in [0.2, 0.25) is 0 Å². The summed E-state index contributed by atoms with van der Waals surface area (Å²) in [5.74, 6) is 0.0444. The van der Waals surface area contributed by atoms with Crippen LogP contribution in [0, 0.1) is 0 Å². The van der Waals surface area contributed by atoms with E-state index in [0.717, 1.165) is 24.9 Å². The number of rotatable bonds is 8. The van der Waals surface area contributed by atoms with Gasteiger partial charge < -0.3 is 15.6 Å². The lowest BCUT2D eigenvalue weighted by Gasteiger charge is -2.07. The molecule has 0 saturated carbocycles. The fourth-order valence-electron chi connectivity index (χ4n) is 2.82. The number of aromatic amines is 1. The monoisotopic (exact) mass is 321 g/mol. The van der Waals surface area contributed by atoms with Gasteiger partial charge in [-0.1, -0.05) is 48.5 Å². The summed E-state index contributed by atoms with van der Waals surface area (Å²) in [6.07, 6.45) is 3.79. The van der Waals surface area contributed by atoms with Gasteiger partial charge in [0, 0.05) is 23.6 Å². The highest BCUT2D eigenvalue weighted by molar-refractivity contribution is 5.83. The topological polar surface area (TPSA) is 56.9 Å². The maximum absolute atomic E-state index is 11.9. The number of aromatic nitrogens is 1. The first-order chi connectivity index (χ1) is 11.8. The molecule has 1 heterocycles. The average molecular weight is 321 g/mol. The molecule has 1 amide bonds. The Hall–Kier alpha value is -2.59. The SMILES string of the molecule is O=C(CNCCc1ccccc1)NCCc1c[nH]c2ccccc12. The predicted octanol–water partition coefficient (Wildman–Crippen LogP) is 2.66. The normalized spacial score (nSPS) is 10.8. The van der Waals surface area contributed by atoms with Crippen LogP contribution in [0.1, 0.15) is 11.1 Å². The van der Waals surface area contributed by atoms with E-state index in [1.165, 1.54) is 16.5 Å². The highest BCUT2D eigenvalue weighted by Gasteiger charge is 2.04. The van der Waals surface area contributed by atoms with Crippen molar-refractivity contribution in [2.45, 2.75) is 12.8 Å². The fraction of sp³-hybridized carbons (Fsp3) is 0.250. The summed E-state index contributed by atoms with van der Waals surface area (Å²) in [4.78, 5) is 15.1. The summed E-state index contributed by atoms with van der Waals surface area (Å²) in [5, 5.41) is 7.39. The van der Waals surface area contributed by atoms with Crippen molar-refractivity contribution in [1.29, 1.82) is 0 Å². The van der Waals surface area contributed by atoms with Crippen LogP contribution in [0.5, 0.6) is 0 Å². The average Bonchev–Trinajstić information content (AvgIpc) is 3.03. The molecule has 0 fully saturated rings. The van der Waals surface area contributed by atoms with Gasteiger partial charge in [0.15, 0.2) is 0 Å². The quantitative estimate of drug-likeness (QED) is 0.559. The van der Waals surface area contributed by atoms with Crippen molar-refractivity contribution in [2.24, 2.45) is 0 Å². The molecule has 3 N–H and O–H groups in total. The van der Waals surface area contributed by atoms with Crippen molar-refractivity contribution < 1.29 is 4.79 Å². The van der Waals surface area contributed by atoms with Gasteiger partial charge in [-0.25, -0.2) is 0 Å². The smallest absolute Gasteiger partial charge is 0.233 e. The van der Waals surface area contributed by atoms with E-state index < -0.39 is 0 Å². The van der Waals surface area contributed by atoms with Crippen molar-refractivity contribution >= 4 is 16.8 Å². The van der Waals surface area contributed by atoms with Crippen molar-refractivity contribution in [3.8, 4) is 0 Å². The van der Waals surface area contributed by atoms with Gasteiger partial charge in [0.05, 0.1) is 6.54 Å². The Morgan fingerprint density at radius 1 is 0.917 bits per heavy atom. The maximum atomic E-state index is 11.9. The van der Waals surface area contributed by atoms with Crippen LogP contribution in [-0.2, 0) is 17.6 Å². The third-order valence-electron chi connectivity index (χ3n) is 4.11. The Morgan fingerprint density at radius 3 is 2.58 bits per heavy atom. The minimum absolute atomic E-state index is 0.0444. The van der Waals surface area contributed by atoms with Gasteiger partial charge in [-0.2, -0.15) is 0 Å². The van der Waals surface area contributed by atoms with Crippen molar-refractivity contribution in [3.05, 3.63) is 71.9 Å². The van der Waals surface area contributed by atoms with Gasteiger partial charge in [-0.15, -0.1) is 0 Å². The second kappa shape index (κ2) is 8.31. The molecule has 2 aromatic carbocycles. The van der Waals surface area contributed by atoms with E-state index >= 15 is 0 Å². The zero-order valence-electron chi connectivity index (χ0n) is 13.7. The van der Waals surface area contributed by atoms with Gasteiger partial charge in [0.1, 0.15) is 0 Å². The van der Waals surface area contributed by atoms with Gasteiger partial charge in [0.25, 0.3) is 0 Å². The minimum Gasteiger partial charge on any atom is -0.361 e. The number of carbonyl (C=O) groups is 1. The number of para-hydroxylation sites is 1. The Bertz CT molecular complexity index is 780. The lowest BCUT2D eigenvalue weighted by Crippen LogP contribution is -2.35. The Kier molecular flexibility index (Phi) is 5.64. The Labute approximate surface area is 142 Å². The molecule has 1 aromatic heterocycles. The third-order valence-corrected chi connectivity index (χ3v) is 4.11. The highest BCUT2D eigenvalue weighted by atomic mass is 16.1. The molecule has 3 rings (SSSR count). The van der Waals surface area contributed by atoms with E-state index in [9.17, 15) is 4.79 Å². The summed E-state index contributed by atoms with van der Waals surface area (Å²) in [5.41, 5.74) is 3.66. The Morgan fingerprint density at radius 2 is 1.71 bits per heavy atom. The molecular formula is C20H23N3O. The van der Waals surface area contributed by atoms with Crippen LogP contribution in [0.25, 0.3) is 10.9 Å².